The smallest absolute Gasteiger partial charge is 0.277 e. The Hall–Kier alpha value is -1.27. The third-order valence-corrected chi connectivity index (χ3v) is 2.61. The molecule has 0 bridgehead atoms. The number of aromatic nitrogens is 3. The van der Waals surface area contributed by atoms with Crippen LogP contribution in [-0.2, 0) is 0 Å². The lowest BCUT2D eigenvalue weighted by atomic mass is 10.2. The molecular weight excluding hydrogens is 212 g/mol. The minimum atomic E-state index is -0.147. The highest BCUT2D eigenvalue weighted by Gasteiger charge is 2.15. The second kappa shape index (κ2) is 4.50. The highest BCUT2D eigenvalue weighted by atomic mass is 32.1. The van der Waals surface area contributed by atoms with Gasteiger partial charge in [-0.3, -0.25) is 0 Å². The highest BCUT2D eigenvalue weighted by molar-refractivity contribution is 7.07. The minimum absolute atomic E-state index is 0.147. The normalized spacial score (nSPS) is 12.9. The van der Waals surface area contributed by atoms with Crippen molar-refractivity contribution in [1.82, 2.24) is 15.1 Å². The molecule has 80 valence electrons. The van der Waals surface area contributed by atoms with Crippen LogP contribution in [0.4, 0.5) is 0 Å². The molecule has 0 fully saturated rings. The second-order valence-electron chi connectivity index (χ2n) is 3.23. The Bertz CT molecular complexity index is 411. The minimum Gasteiger partial charge on any atom is -0.332 e. The van der Waals surface area contributed by atoms with Crippen molar-refractivity contribution in [3.63, 3.8) is 0 Å². The van der Waals surface area contributed by atoms with E-state index < -0.39 is 0 Å². The van der Waals surface area contributed by atoms with Crippen LogP contribution >= 0.6 is 11.3 Å². The Morgan fingerprint density at radius 1 is 1.60 bits per heavy atom. The van der Waals surface area contributed by atoms with E-state index >= 15 is 0 Å². The van der Waals surface area contributed by atoms with Gasteiger partial charge in [-0.1, -0.05) is 18.5 Å². The number of thiazole rings is 1. The summed E-state index contributed by atoms with van der Waals surface area (Å²) in [7, 11) is 0. The molecule has 2 aromatic heterocycles. The molecule has 2 aromatic rings. The van der Waals surface area contributed by atoms with Crippen molar-refractivity contribution in [1.29, 1.82) is 0 Å². The van der Waals surface area contributed by atoms with E-state index in [2.05, 4.69) is 22.0 Å². The summed E-state index contributed by atoms with van der Waals surface area (Å²) in [6.07, 6.45) is 1.86. The summed E-state index contributed by atoms with van der Waals surface area (Å²) in [5.74, 6) is 0.998. The van der Waals surface area contributed by atoms with E-state index in [0.717, 1.165) is 12.8 Å². The maximum atomic E-state index is 5.87. The molecule has 0 aliphatic carbocycles. The van der Waals surface area contributed by atoms with Gasteiger partial charge in [0, 0.05) is 5.38 Å². The molecule has 0 saturated carbocycles. The van der Waals surface area contributed by atoms with E-state index in [4.69, 9.17) is 10.3 Å². The molecule has 0 saturated heterocycles. The first-order chi connectivity index (χ1) is 7.31. The van der Waals surface area contributed by atoms with Crippen molar-refractivity contribution >= 4 is 11.3 Å². The van der Waals surface area contributed by atoms with Gasteiger partial charge in [0.25, 0.3) is 5.89 Å². The van der Waals surface area contributed by atoms with E-state index in [0.29, 0.717) is 17.4 Å². The van der Waals surface area contributed by atoms with E-state index in [9.17, 15) is 0 Å². The summed E-state index contributed by atoms with van der Waals surface area (Å²) >= 11 is 1.49. The van der Waals surface area contributed by atoms with Crippen molar-refractivity contribution in [3.05, 3.63) is 16.7 Å². The molecule has 0 aromatic carbocycles. The molecule has 0 aliphatic heterocycles. The molecule has 2 heterocycles. The van der Waals surface area contributed by atoms with Crippen molar-refractivity contribution in [2.45, 2.75) is 25.8 Å². The number of hydrogen-bond donors (Lipinski definition) is 1. The second-order valence-corrected chi connectivity index (χ2v) is 3.95. The van der Waals surface area contributed by atoms with Crippen LogP contribution in [-0.4, -0.2) is 15.1 Å². The van der Waals surface area contributed by atoms with Gasteiger partial charge in [0.15, 0.2) is 5.82 Å². The van der Waals surface area contributed by atoms with Gasteiger partial charge in [-0.2, -0.15) is 4.98 Å². The first-order valence-electron chi connectivity index (χ1n) is 4.79. The SMILES string of the molecule is CCCC(N)c1noc(-c2cscn2)n1. The first-order valence-corrected chi connectivity index (χ1v) is 5.73. The topological polar surface area (TPSA) is 77.8 Å². The molecule has 1 atom stereocenters. The summed E-state index contributed by atoms with van der Waals surface area (Å²) in [6, 6.07) is -0.147. The van der Waals surface area contributed by atoms with Gasteiger partial charge >= 0.3 is 0 Å². The van der Waals surface area contributed by atoms with Gasteiger partial charge < -0.3 is 10.3 Å². The molecule has 1 unspecified atom stereocenters. The molecule has 2 N–H and O–H groups in total. The molecular formula is C9H12N4OS. The fourth-order valence-corrected chi connectivity index (χ4v) is 1.77. The van der Waals surface area contributed by atoms with Crippen LogP contribution in [0.5, 0.6) is 0 Å². The van der Waals surface area contributed by atoms with Crippen LogP contribution < -0.4 is 5.73 Å². The number of nitrogens with zero attached hydrogens (tertiary/aromatic N) is 3. The summed E-state index contributed by atoms with van der Waals surface area (Å²) in [5, 5.41) is 5.71. The Labute approximate surface area is 91.3 Å². The molecule has 0 radical (unpaired) electrons. The zero-order chi connectivity index (χ0) is 10.7. The molecule has 0 aliphatic rings. The van der Waals surface area contributed by atoms with E-state index in [1.54, 1.807) is 5.51 Å². The third-order valence-electron chi connectivity index (χ3n) is 2.02. The summed E-state index contributed by atoms with van der Waals surface area (Å²) in [5.41, 5.74) is 8.31. The van der Waals surface area contributed by atoms with Crippen LogP contribution in [0.25, 0.3) is 11.6 Å². The van der Waals surface area contributed by atoms with Crippen LogP contribution in [0.1, 0.15) is 31.6 Å². The van der Waals surface area contributed by atoms with Gasteiger partial charge in [-0.25, -0.2) is 4.98 Å². The Morgan fingerprint density at radius 2 is 2.47 bits per heavy atom. The van der Waals surface area contributed by atoms with Gasteiger partial charge in [0.05, 0.1) is 11.6 Å². The zero-order valence-electron chi connectivity index (χ0n) is 8.38. The van der Waals surface area contributed by atoms with Gasteiger partial charge in [0.1, 0.15) is 5.69 Å². The van der Waals surface area contributed by atoms with Crippen LogP contribution in [0.2, 0.25) is 0 Å². The Morgan fingerprint density at radius 3 is 3.13 bits per heavy atom. The van der Waals surface area contributed by atoms with Crippen molar-refractivity contribution in [2.75, 3.05) is 0 Å². The summed E-state index contributed by atoms with van der Waals surface area (Å²) in [6.45, 7) is 2.07. The van der Waals surface area contributed by atoms with Crippen molar-refractivity contribution in [3.8, 4) is 11.6 Å². The van der Waals surface area contributed by atoms with Gasteiger partial charge in [0.2, 0.25) is 0 Å². The predicted octanol–water partition coefficient (Wildman–Crippen LogP) is 1.99. The van der Waals surface area contributed by atoms with Crippen molar-refractivity contribution < 1.29 is 4.52 Å². The highest BCUT2D eigenvalue weighted by Crippen LogP contribution is 2.19. The Kier molecular flexibility index (Phi) is 3.08. The van der Waals surface area contributed by atoms with Crippen LogP contribution in [0.3, 0.4) is 0 Å². The molecule has 2 rings (SSSR count). The molecule has 0 spiro atoms. The van der Waals surface area contributed by atoms with Crippen LogP contribution in [0, 0.1) is 0 Å². The lowest BCUT2D eigenvalue weighted by Crippen LogP contribution is -2.11. The molecule has 15 heavy (non-hydrogen) atoms. The number of rotatable bonds is 4. The largest absolute Gasteiger partial charge is 0.332 e. The Balaban J connectivity index is 2.17. The molecule has 0 amide bonds. The number of hydrogen-bond acceptors (Lipinski definition) is 6. The van der Waals surface area contributed by atoms with E-state index in [-0.39, 0.29) is 6.04 Å². The standard InChI is InChI=1S/C9H12N4OS/c1-2-3-6(10)8-12-9(14-13-8)7-4-15-5-11-7/h4-6H,2-3,10H2,1H3. The quantitative estimate of drug-likeness (QED) is 0.859. The van der Waals surface area contributed by atoms with Crippen molar-refractivity contribution in [2.24, 2.45) is 5.73 Å². The van der Waals surface area contributed by atoms with Gasteiger partial charge in [-0.05, 0) is 6.42 Å². The fraction of sp³-hybridized carbons (Fsp3) is 0.444. The third kappa shape index (κ3) is 2.21. The lowest BCUT2D eigenvalue weighted by Gasteiger charge is -2.02. The van der Waals surface area contributed by atoms with Gasteiger partial charge in [-0.15, -0.1) is 11.3 Å². The maximum absolute atomic E-state index is 5.87. The summed E-state index contributed by atoms with van der Waals surface area (Å²) < 4.78 is 5.08. The van der Waals surface area contributed by atoms with E-state index in [1.165, 1.54) is 11.3 Å². The fourth-order valence-electron chi connectivity index (χ4n) is 1.25. The van der Waals surface area contributed by atoms with E-state index in [1.807, 2.05) is 5.38 Å². The number of nitrogens with two attached hydrogens (primary N) is 1. The predicted molar refractivity (Wildman–Crippen MR) is 57.2 cm³/mol. The summed E-state index contributed by atoms with van der Waals surface area (Å²) in [4.78, 5) is 8.30. The molecule has 5 nitrogen and oxygen atoms in total. The molecule has 6 heteroatoms. The average Bonchev–Trinajstić information content (AvgIpc) is 2.89. The average molecular weight is 224 g/mol. The zero-order valence-corrected chi connectivity index (χ0v) is 9.20. The monoisotopic (exact) mass is 224 g/mol. The maximum Gasteiger partial charge on any atom is 0.277 e. The van der Waals surface area contributed by atoms with Crippen LogP contribution in [0.15, 0.2) is 15.4 Å². The lowest BCUT2D eigenvalue weighted by molar-refractivity contribution is 0.412. The first kappa shape index (κ1) is 10.3.